The molecule has 2 aromatic carbocycles. The van der Waals surface area contributed by atoms with Crippen LogP contribution in [-0.4, -0.2) is 38.7 Å². The fourth-order valence-corrected chi connectivity index (χ4v) is 3.94. The minimum Gasteiger partial charge on any atom is -0.420 e. The molecule has 1 aliphatic heterocycles. The molecular weight excluding hydrogens is 395 g/mol. The number of rotatable bonds is 4. The third-order valence-corrected chi connectivity index (χ3v) is 5.61. The topological polar surface area (TPSA) is 64.2 Å². The van der Waals surface area contributed by atoms with Crippen LogP contribution in [0.25, 0.3) is 17.1 Å². The molecule has 1 saturated heterocycles. The summed E-state index contributed by atoms with van der Waals surface area (Å²) in [5.74, 6) is 0.547. The summed E-state index contributed by atoms with van der Waals surface area (Å²) >= 11 is 0. The standard InChI is InChI=1S/C24H21FN4O2/c25-20-9-5-17(6-10-20)22-26-27-23(31-22)19-4-3-15-29(16-19)24(30)18-7-11-21(12-8-18)28-13-1-2-14-28/h1-2,5-14,19H,3-4,15-16H2. The zero-order valence-corrected chi connectivity index (χ0v) is 16.8. The van der Waals surface area contributed by atoms with Crippen molar-refractivity contribution >= 4 is 5.91 Å². The van der Waals surface area contributed by atoms with E-state index in [0.29, 0.717) is 36.0 Å². The number of piperidine rings is 1. The fourth-order valence-electron chi connectivity index (χ4n) is 3.94. The van der Waals surface area contributed by atoms with E-state index in [9.17, 15) is 9.18 Å². The van der Waals surface area contributed by atoms with Crippen molar-refractivity contribution < 1.29 is 13.6 Å². The third kappa shape index (κ3) is 3.99. The van der Waals surface area contributed by atoms with E-state index in [-0.39, 0.29) is 17.6 Å². The largest absolute Gasteiger partial charge is 0.420 e. The molecule has 2 aromatic heterocycles. The van der Waals surface area contributed by atoms with Crippen LogP contribution in [0.2, 0.25) is 0 Å². The molecule has 0 radical (unpaired) electrons. The summed E-state index contributed by atoms with van der Waals surface area (Å²) in [5.41, 5.74) is 2.35. The molecule has 31 heavy (non-hydrogen) atoms. The Morgan fingerprint density at radius 2 is 1.74 bits per heavy atom. The highest BCUT2D eigenvalue weighted by atomic mass is 19.1. The van der Waals surface area contributed by atoms with Gasteiger partial charge in [-0.25, -0.2) is 4.39 Å². The van der Waals surface area contributed by atoms with Gasteiger partial charge in [0.15, 0.2) is 0 Å². The SMILES string of the molecule is O=C(c1ccc(-n2cccc2)cc1)N1CCCC(c2nnc(-c3ccc(F)cc3)o2)C1. The molecule has 0 bridgehead atoms. The molecule has 1 amide bonds. The maximum atomic E-state index is 13.1. The number of likely N-dealkylation sites (tertiary alicyclic amines) is 1. The first-order valence-corrected chi connectivity index (χ1v) is 10.3. The van der Waals surface area contributed by atoms with Crippen molar-refractivity contribution in [2.45, 2.75) is 18.8 Å². The molecule has 1 atom stereocenters. The predicted molar refractivity (Wildman–Crippen MR) is 113 cm³/mol. The van der Waals surface area contributed by atoms with Crippen LogP contribution in [0.3, 0.4) is 0 Å². The van der Waals surface area contributed by atoms with Gasteiger partial charge in [0.1, 0.15) is 5.82 Å². The normalized spacial score (nSPS) is 16.4. The Kier molecular flexibility index (Phi) is 5.08. The van der Waals surface area contributed by atoms with Gasteiger partial charge in [0.05, 0.1) is 5.92 Å². The molecule has 1 unspecified atom stereocenters. The lowest BCUT2D eigenvalue weighted by Gasteiger charge is -2.31. The Morgan fingerprint density at radius 3 is 2.48 bits per heavy atom. The second kappa shape index (κ2) is 8.18. The molecule has 0 spiro atoms. The van der Waals surface area contributed by atoms with Gasteiger partial charge in [0, 0.05) is 42.3 Å². The molecule has 0 N–H and O–H groups in total. The molecule has 1 aliphatic rings. The van der Waals surface area contributed by atoms with Crippen LogP contribution in [0.5, 0.6) is 0 Å². The molecular formula is C24H21FN4O2. The number of aromatic nitrogens is 3. The van der Waals surface area contributed by atoms with Crippen LogP contribution in [0.1, 0.15) is 35.0 Å². The maximum absolute atomic E-state index is 13.1. The number of benzene rings is 2. The second-order valence-corrected chi connectivity index (χ2v) is 7.68. The van der Waals surface area contributed by atoms with Gasteiger partial charge in [-0.1, -0.05) is 0 Å². The lowest BCUT2D eigenvalue weighted by atomic mass is 9.97. The summed E-state index contributed by atoms with van der Waals surface area (Å²) in [4.78, 5) is 14.9. The van der Waals surface area contributed by atoms with Gasteiger partial charge in [-0.05, 0) is 73.5 Å². The number of nitrogens with zero attached hydrogens (tertiary/aromatic N) is 4. The highest BCUT2D eigenvalue weighted by Crippen LogP contribution is 2.29. The second-order valence-electron chi connectivity index (χ2n) is 7.68. The fraction of sp³-hybridized carbons (Fsp3) is 0.208. The number of hydrogen-bond acceptors (Lipinski definition) is 4. The van der Waals surface area contributed by atoms with E-state index in [0.717, 1.165) is 18.5 Å². The van der Waals surface area contributed by atoms with E-state index in [4.69, 9.17) is 4.42 Å². The third-order valence-electron chi connectivity index (χ3n) is 5.61. The van der Waals surface area contributed by atoms with E-state index >= 15 is 0 Å². The highest BCUT2D eigenvalue weighted by Gasteiger charge is 2.29. The number of amides is 1. The smallest absolute Gasteiger partial charge is 0.253 e. The number of halogens is 1. The van der Waals surface area contributed by atoms with Gasteiger partial charge in [-0.15, -0.1) is 10.2 Å². The van der Waals surface area contributed by atoms with Crippen LogP contribution in [-0.2, 0) is 0 Å². The van der Waals surface area contributed by atoms with E-state index < -0.39 is 0 Å². The van der Waals surface area contributed by atoms with Gasteiger partial charge >= 0.3 is 0 Å². The Morgan fingerprint density at radius 1 is 1.00 bits per heavy atom. The minimum atomic E-state index is -0.314. The molecule has 3 heterocycles. The van der Waals surface area contributed by atoms with Crippen molar-refractivity contribution in [1.29, 1.82) is 0 Å². The molecule has 0 saturated carbocycles. The van der Waals surface area contributed by atoms with E-state index in [1.54, 1.807) is 12.1 Å². The minimum absolute atomic E-state index is 0.00188. The Bertz CT molecular complexity index is 1170. The van der Waals surface area contributed by atoms with Crippen molar-refractivity contribution in [3.8, 4) is 17.1 Å². The average Bonchev–Trinajstić information content (AvgIpc) is 3.52. The zero-order chi connectivity index (χ0) is 21.2. The zero-order valence-electron chi connectivity index (χ0n) is 16.8. The summed E-state index contributed by atoms with van der Waals surface area (Å²) < 4.78 is 21.0. The first-order chi connectivity index (χ1) is 15.2. The first-order valence-electron chi connectivity index (χ1n) is 10.3. The summed E-state index contributed by atoms with van der Waals surface area (Å²) in [5, 5.41) is 8.30. The quantitative estimate of drug-likeness (QED) is 0.484. The van der Waals surface area contributed by atoms with E-state index in [2.05, 4.69) is 10.2 Å². The van der Waals surface area contributed by atoms with Gasteiger partial charge < -0.3 is 13.9 Å². The summed E-state index contributed by atoms with van der Waals surface area (Å²) in [6.07, 6.45) is 5.68. The monoisotopic (exact) mass is 416 g/mol. The lowest BCUT2D eigenvalue weighted by Crippen LogP contribution is -2.39. The first kappa shape index (κ1) is 19.2. The van der Waals surface area contributed by atoms with E-state index in [1.165, 1.54) is 12.1 Å². The van der Waals surface area contributed by atoms with Crippen LogP contribution < -0.4 is 0 Å². The Hall–Kier alpha value is -3.74. The molecule has 156 valence electrons. The molecule has 5 rings (SSSR count). The lowest BCUT2D eigenvalue weighted by molar-refractivity contribution is 0.0698. The molecule has 7 heteroatoms. The summed E-state index contributed by atoms with van der Waals surface area (Å²) in [6, 6.07) is 17.5. The van der Waals surface area contributed by atoms with Gasteiger partial charge in [-0.3, -0.25) is 4.79 Å². The van der Waals surface area contributed by atoms with Crippen LogP contribution >= 0.6 is 0 Å². The summed E-state index contributed by atoms with van der Waals surface area (Å²) in [6.45, 7) is 1.23. The van der Waals surface area contributed by atoms with Crippen molar-refractivity contribution in [3.63, 3.8) is 0 Å². The van der Waals surface area contributed by atoms with E-state index in [1.807, 2.05) is 58.3 Å². The van der Waals surface area contributed by atoms with Crippen LogP contribution in [0.4, 0.5) is 4.39 Å². The predicted octanol–water partition coefficient (Wildman–Crippen LogP) is 4.69. The van der Waals surface area contributed by atoms with Crippen molar-refractivity contribution in [2.24, 2.45) is 0 Å². The summed E-state index contributed by atoms with van der Waals surface area (Å²) in [7, 11) is 0. The van der Waals surface area contributed by atoms with Crippen molar-refractivity contribution in [3.05, 3.63) is 90.3 Å². The molecule has 6 nitrogen and oxygen atoms in total. The maximum Gasteiger partial charge on any atom is 0.253 e. The van der Waals surface area contributed by atoms with Gasteiger partial charge in [0.2, 0.25) is 11.8 Å². The van der Waals surface area contributed by atoms with Crippen LogP contribution in [0, 0.1) is 5.82 Å². The van der Waals surface area contributed by atoms with Gasteiger partial charge in [0.25, 0.3) is 5.91 Å². The molecule has 4 aromatic rings. The number of hydrogen-bond donors (Lipinski definition) is 0. The number of carbonyl (C=O) groups excluding carboxylic acids is 1. The Balaban J connectivity index is 1.29. The van der Waals surface area contributed by atoms with Gasteiger partial charge in [-0.2, -0.15) is 0 Å². The highest BCUT2D eigenvalue weighted by molar-refractivity contribution is 5.94. The van der Waals surface area contributed by atoms with Crippen molar-refractivity contribution in [2.75, 3.05) is 13.1 Å². The van der Waals surface area contributed by atoms with Crippen LogP contribution in [0.15, 0.2) is 77.5 Å². The average molecular weight is 416 g/mol. The molecule has 0 aliphatic carbocycles. The number of carbonyl (C=O) groups is 1. The van der Waals surface area contributed by atoms with Crippen molar-refractivity contribution in [1.82, 2.24) is 19.7 Å². The Labute approximate surface area is 178 Å². The molecule has 1 fully saturated rings.